The molecule has 82 valence electrons. The van der Waals surface area contributed by atoms with Crippen LogP contribution in [0.25, 0.3) is 0 Å². The highest BCUT2D eigenvalue weighted by Gasteiger charge is 2.22. The molecular formula is C12H15BrS2. The maximum atomic E-state index is 3.54. The van der Waals surface area contributed by atoms with E-state index in [2.05, 4.69) is 70.6 Å². The lowest BCUT2D eigenvalue weighted by molar-refractivity contribution is 0.838. The summed E-state index contributed by atoms with van der Waals surface area (Å²) < 4.78 is 1.94. The van der Waals surface area contributed by atoms with Crippen LogP contribution in [0.1, 0.15) is 24.8 Å². The third-order valence-corrected chi connectivity index (χ3v) is 6.47. The molecule has 0 amide bonds. The van der Waals surface area contributed by atoms with Gasteiger partial charge >= 0.3 is 0 Å². The van der Waals surface area contributed by atoms with Gasteiger partial charge in [0.1, 0.15) is 0 Å². The van der Waals surface area contributed by atoms with Crippen LogP contribution in [0.2, 0.25) is 0 Å². The van der Waals surface area contributed by atoms with Gasteiger partial charge in [-0.1, -0.05) is 35.0 Å². The molecule has 0 radical (unpaired) electrons. The summed E-state index contributed by atoms with van der Waals surface area (Å²) in [6.45, 7) is 2.35. The van der Waals surface area contributed by atoms with E-state index in [9.17, 15) is 0 Å². The summed E-state index contributed by atoms with van der Waals surface area (Å²) in [5.74, 6) is 3.31. The molecule has 0 nitrogen and oxygen atoms in total. The van der Waals surface area contributed by atoms with Crippen molar-refractivity contribution in [2.45, 2.75) is 23.8 Å². The SMILES string of the molecule is CC(c1cccc(Br)c1)C1SCCCS1. The molecule has 0 bridgehead atoms. The molecule has 1 aromatic rings. The van der Waals surface area contributed by atoms with Gasteiger partial charge in [0.25, 0.3) is 0 Å². The molecule has 1 aliphatic rings. The number of halogens is 1. The van der Waals surface area contributed by atoms with Gasteiger partial charge in [-0.15, -0.1) is 23.5 Å². The topological polar surface area (TPSA) is 0 Å². The van der Waals surface area contributed by atoms with Gasteiger partial charge in [0.2, 0.25) is 0 Å². The van der Waals surface area contributed by atoms with Crippen LogP contribution in [-0.4, -0.2) is 16.1 Å². The zero-order valence-corrected chi connectivity index (χ0v) is 12.0. The molecule has 1 saturated heterocycles. The van der Waals surface area contributed by atoms with E-state index in [0.717, 1.165) is 4.58 Å². The molecule has 2 rings (SSSR count). The quantitative estimate of drug-likeness (QED) is 0.773. The van der Waals surface area contributed by atoms with Gasteiger partial charge in [-0.3, -0.25) is 0 Å². The van der Waals surface area contributed by atoms with Crippen LogP contribution >= 0.6 is 39.5 Å². The van der Waals surface area contributed by atoms with Crippen LogP contribution in [0.3, 0.4) is 0 Å². The highest BCUT2D eigenvalue weighted by molar-refractivity contribution is 9.10. The highest BCUT2D eigenvalue weighted by Crippen LogP contribution is 2.40. The van der Waals surface area contributed by atoms with Gasteiger partial charge in [0.05, 0.1) is 4.58 Å². The molecule has 15 heavy (non-hydrogen) atoms. The first-order valence-electron chi connectivity index (χ1n) is 5.26. The summed E-state index contributed by atoms with van der Waals surface area (Å²) in [5.41, 5.74) is 1.45. The Hall–Kier alpha value is 0.400. The second-order valence-electron chi connectivity index (χ2n) is 3.81. The summed E-state index contributed by atoms with van der Waals surface area (Å²) in [6.07, 6.45) is 1.37. The lowest BCUT2D eigenvalue weighted by atomic mass is 10.0. The smallest absolute Gasteiger partial charge is 0.0568 e. The van der Waals surface area contributed by atoms with E-state index in [0.29, 0.717) is 5.92 Å². The molecular weight excluding hydrogens is 288 g/mol. The maximum absolute atomic E-state index is 3.54. The minimum atomic E-state index is 0.651. The predicted molar refractivity (Wildman–Crippen MR) is 75.9 cm³/mol. The van der Waals surface area contributed by atoms with Crippen molar-refractivity contribution in [3.63, 3.8) is 0 Å². The van der Waals surface area contributed by atoms with Crippen molar-refractivity contribution in [3.05, 3.63) is 34.3 Å². The Balaban J connectivity index is 2.08. The summed E-state index contributed by atoms with van der Waals surface area (Å²) >= 11 is 7.78. The molecule has 1 fully saturated rings. The number of hydrogen-bond donors (Lipinski definition) is 0. The first kappa shape index (κ1) is 11.9. The monoisotopic (exact) mass is 302 g/mol. The van der Waals surface area contributed by atoms with E-state index in [-0.39, 0.29) is 0 Å². The zero-order valence-electron chi connectivity index (χ0n) is 8.78. The van der Waals surface area contributed by atoms with Gasteiger partial charge in [-0.25, -0.2) is 0 Å². The Kier molecular flexibility index (Phi) is 4.47. The summed E-state index contributed by atoms with van der Waals surface area (Å²) in [4.78, 5) is 0. The number of thioether (sulfide) groups is 2. The van der Waals surface area contributed by atoms with Crippen molar-refractivity contribution in [2.75, 3.05) is 11.5 Å². The van der Waals surface area contributed by atoms with Gasteiger partial charge in [-0.05, 0) is 35.6 Å². The minimum absolute atomic E-state index is 0.651. The van der Waals surface area contributed by atoms with Crippen LogP contribution in [0.5, 0.6) is 0 Å². The van der Waals surface area contributed by atoms with Crippen LogP contribution in [0.15, 0.2) is 28.7 Å². The van der Waals surface area contributed by atoms with Crippen molar-refractivity contribution < 1.29 is 0 Å². The van der Waals surface area contributed by atoms with E-state index >= 15 is 0 Å². The molecule has 1 aromatic carbocycles. The van der Waals surface area contributed by atoms with Gasteiger partial charge in [-0.2, -0.15) is 0 Å². The lowest BCUT2D eigenvalue weighted by Gasteiger charge is -2.27. The number of rotatable bonds is 2. The average molecular weight is 303 g/mol. The molecule has 0 aromatic heterocycles. The molecule has 3 heteroatoms. The van der Waals surface area contributed by atoms with Crippen LogP contribution in [0, 0.1) is 0 Å². The third kappa shape index (κ3) is 3.18. The van der Waals surface area contributed by atoms with Crippen molar-refractivity contribution in [1.82, 2.24) is 0 Å². The Bertz CT molecular complexity index is 321. The highest BCUT2D eigenvalue weighted by atomic mass is 79.9. The molecule has 0 N–H and O–H groups in total. The van der Waals surface area contributed by atoms with E-state index in [1.54, 1.807) is 0 Å². The minimum Gasteiger partial charge on any atom is -0.147 e. The predicted octanol–water partition coefficient (Wildman–Crippen LogP) is 4.75. The number of hydrogen-bond acceptors (Lipinski definition) is 2. The van der Waals surface area contributed by atoms with Gasteiger partial charge in [0.15, 0.2) is 0 Å². The van der Waals surface area contributed by atoms with Crippen LogP contribution in [0.4, 0.5) is 0 Å². The second-order valence-corrected chi connectivity index (χ2v) is 7.52. The average Bonchev–Trinajstić information content (AvgIpc) is 2.29. The second kappa shape index (κ2) is 5.65. The first-order chi connectivity index (χ1) is 7.27. The van der Waals surface area contributed by atoms with Crippen LogP contribution in [-0.2, 0) is 0 Å². The molecule has 1 heterocycles. The molecule has 1 atom stereocenters. The maximum Gasteiger partial charge on any atom is 0.0568 e. The standard InChI is InChI=1S/C12H15BrS2/c1-9(12-14-6-3-7-15-12)10-4-2-5-11(13)8-10/h2,4-5,8-9,12H,3,6-7H2,1H3. The van der Waals surface area contributed by atoms with Crippen molar-refractivity contribution in [3.8, 4) is 0 Å². The molecule has 1 unspecified atom stereocenters. The fraction of sp³-hybridized carbons (Fsp3) is 0.500. The van der Waals surface area contributed by atoms with Crippen molar-refractivity contribution >= 4 is 39.5 Å². The molecule has 0 saturated carbocycles. The lowest BCUT2D eigenvalue weighted by Crippen LogP contribution is -2.14. The Labute approximate surface area is 109 Å². The Morgan fingerprint density at radius 1 is 1.33 bits per heavy atom. The summed E-state index contributed by atoms with van der Waals surface area (Å²) in [6, 6.07) is 8.72. The summed E-state index contributed by atoms with van der Waals surface area (Å²) in [5, 5.41) is 0. The molecule has 0 aliphatic carbocycles. The van der Waals surface area contributed by atoms with Crippen molar-refractivity contribution in [2.24, 2.45) is 0 Å². The number of benzene rings is 1. The largest absolute Gasteiger partial charge is 0.147 e. The third-order valence-electron chi connectivity index (χ3n) is 2.64. The van der Waals surface area contributed by atoms with Crippen molar-refractivity contribution in [1.29, 1.82) is 0 Å². The van der Waals surface area contributed by atoms with E-state index in [4.69, 9.17) is 0 Å². The first-order valence-corrected chi connectivity index (χ1v) is 8.15. The fourth-order valence-corrected chi connectivity index (χ4v) is 5.28. The zero-order chi connectivity index (χ0) is 10.7. The van der Waals surface area contributed by atoms with Crippen LogP contribution < -0.4 is 0 Å². The van der Waals surface area contributed by atoms with Gasteiger partial charge < -0.3 is 0 Å². The molecule has 1 aliphatic heterocycles. The van der Waals surface area contributed by atoms with E-state index in [1.165, 1.54) is 28.0 Å². The summed E-state index contributed by atoms with van der Waals surface area (Å²) in [7, 11) is 0. The normalized spacial score (nSPS) is 20.1. The fourth-order valence-electron chi connectivity index (χ4n) is 1.74. The molecule has 0 spiro atoms. The Morgan fingerprint density at radius 3 is 2.73 bits per heavy atom. The van der Waals surface area contributed by atoms with Gasteiger partial charge in [0, 0.05) is 10.4 Å². The van der Waals surface area contributed by atoms with E-state index in [1.807, 2.05) is 0 Å². The van der Waals surface area contributed by atoms with E-state index < -0.39 is 0 Å². The Morgan fingerprint density at radius 2 is 2.07 bits per heavy atom.